The topological polar surface area (TPSA) is 82.1 Å². The molecule has 1 heterocycles. The number of carboxylic acid groups (broad SMARTS) is 1. The molecule has 0 radical (unpaired) electrons. The van der Waals surface area contributed by atoms with Crippen molar-refractivity contribution >= 4 is 12.1 Å². The number of nitrogens with one attached hydrogen (secondary N) is 1. The maximum Gasteiger partial charge on any atom is 0.407 e. The average molecular weight is 458 g/mol. The normalized spacial score (nSPS) is 15.9. The van der Waals surface area contributed by atoms with E-state index in [9.17, 15) is 19.1 Å². The number of amides is 3. The van der Waals surface area contributed by atoms with Crippen molar-refractivity contribution in [1.29, 1.82) is 0 Å². The van der Waals surface area contributed by atoms with Crippen LogP contribution in [0.15, 0.2) is 48.5 Å². The number of hydrogen-bond donors (Lipinski definition) is 2. The van der Waals surface area contributed by atoms with Crippen molar-refractivity contribution in [3.63, 3.8) is 0 Å². The largest absolute Gasteiger partial charge is 0.493 e. The number of halogens is 1. The first-order valence-electron chi connectivity index (χ1n) is 11.3. The van der Waals surface area contributed by atoms with Gasteiger partial charge in [-0.05, 0) is 54.2 Å². The standard InChI is InChI=1S/C25H32FN3O4/c1-18(2)17-33-23-11-7-19(8-12-23)14-27-24(30)29(15-20-5-9-21(26)10-6-20)22-4-3-13-28(16-22)25(31)32/h5-12,18,22H,3-4,13-17H2,1-2H3,(H,27,30)(H,31,32)/t22-/m1/s1. The van der Waals surface area contributed by atoms with Gasteiger partial charge in [0.05, 0.1) is 12.6 Å². The summed E-state index contributed by atoms with van der Waals surface area (Å²) in [5.74, 6) is 0.880. The van der Waals surface area contributed by atoms with E-state index >= 15 is 0 Å². The Morgan fingerprint density at radius 2 is 1.82 bits per heavy atom. The molecule has 3 amide bonds. The van der Waals surface area contributed by atoms with E-state index in [0.717, 1.165) is 16.9 Å². The summed E-state index contributed by atoms with van der Waals surface area (Å²) in [6.07, 6.45) is 0.407. The summed E-state index contributed by atoms with van der Waals surface area (Å²) in [4.78, 5) is 27.6. The van der Waals surface area contributed by atoms with Crippen molar-refractivity contribution in [3.8, 4) is 5.75 Å². The SMILES string of the molecule is CC(C)COc1ccc(CNC(=O)N(Cc2ccc(F)cc2)[C@@H]2CCCN(C(=O)O)C2)cc1. The Hall–Kier alpha value is -3.29. The molecule has 2 aromatic rings. The number of urea groups is 1. The highest BCUT2D eigenvalue weighted by Crippen LogP contribution is 2.20. The summed E-state index contributed by atoms with van der Waals surface area (Å²) in [6.45, 7) is 6.13. The molecule has 1 fully saturated rings. The Morgan fingerprint density at radius 1 is 1.15 bits per heavy atom. The van der Waals surface area contributed by atoms with E-state index in [4.69, 9.17) is 4.74 Å². The zero-order valence-corrected chi connectivity index (χ0v) is 19.2. The molecule has 0 aromatic heterocycles. The number of nitrogens with zero attached hydrogens (tertiary/aromatic N) is 2. The second-order valence-corrected chi connectivity index (χ2v) is 8.79. The first-order chi connectivity index (χ1) is 15.8. The predicted octanol–water partition coefficient (Wildman–Crippen LogP) is 4.71. The molecule has 0 bridgehead atoms. The number of hydrogen-bond acceptors (Lipinski definition) is 3. The quantitative estimate of drug-likeness (QED) is 0.601. The van der Waals surface area contributed by atoms with Crippen LogP contribution in [0.5, 0.6) is 5.75 Å². The molecular formula is C25H32FN3O4. The van der Waals surface area contributed by atoms with E-state index in [2.05, 4.69) is 19.2 Å². The van der Waals surface area contributed by atoms with Crippen LogP contribution in [-0.4, -0.2) is 52.8 Å². The van der Waals surface area contributed by atoms with Crippen molar-refractivity contribution in [1.82, 2.24) is 15.1 Å². The van der Waals surface area contributed by atoms with Gasteiger partial charge in [0.25, 0.3) is 0 Å². The molecule has 1 aliphatic heterocycles. The zero-order valence-electron chi connectivity index (χ0n) is 19.2. The third kappa shape index (κ3) is 7.37. The molecule has 33 heavy (non-hydrogen) atoms. The Kier molecular flexibility index (Phi) is 8.52. The zero-order chi connectivity index (χ0) is 23.8. The molecule has 2 aromatic carbocycles. The summed E-state index contributed by atoms with van der Waals surface area (Å²) >= 11 is 0. The van der Waals surface area contributed by atoms with Crippen LogP contribution in [0.1, 0.15) is 37.8 Å². The molecule has 2 N–H and O–H groups in total. The number of rotatable bonds is 8. The van der Waals surface area contributed by atoms with E-state index in [0.29, 0.717) is 38.5 Å². The number of carbonyl (C=O) groups excluding carboxylic acids is 1. The maximum atomic E-state index is 13.3. The van der Waals surface area contributed by atoms with Crippen LogP contribution in [0, 0.1) is 11.7 Å². The fraction of sp³-hybridized carbons (Fsp3) is 0.440. The second kappa shape index (κ2) is 11.5. The fourth-order valence-corrected chi connectivity index (χ4v) is 3.78. The molecule has 0 aliphatic carbocycles. The van der Waals surface area contributed by atoms with Gasteiger partial charge < -0.3 is 25.0 Å². The summed E-state index contributed by atoms with van der Waals surface area (Å²) in [7, 11) is 0. The van der Waals surface area contributed by atoms with Crippen molar-refractivity contribution in [2.75, 3.05) is 19.7 Å². The van der Waals surface area contributed by atoms with Crippen LogP contribution in [0.3, 0.4) is 0 Å². The molecule has 7 nitrogen and oxygen atoms in total. The minimum atomic E-state index is -0.985. The van der Waals surface area contributed by atoms with Gasteiger partial charge >= 0.3 is 12.1 Å². The Morgan fingerprint density at radius 3 is 2.45 bits per heavy atom. The van der Waals surface area contributed by atoms with Crippen LogP contribution in [0.2, 0.25) is 0 Å². The molecule has 0 spiro atoms. The number of likely N-dealkylation sites (tertiary alicyclic amines) is 1. The molecule has 3 rings (SSSR count). The van der Waals surface area contributed by atoms with E-state index in [1.807, 2.05) is 24.3 Å². The lowest BCUT2D eigenvalue weighted by Crippen LogP contribution is -2.53. The van der Waals surface area contributed by atoms with Crippen LogP contribution < -0.4 is 10.1 Å². The number of piperidine rings is 1. The van der Waals surface area contributed by atoms with Gasteiger partial charge in [0.2, 0.25) is 0 Å². The van der Waals surface area contributed by atoms with Crippen LogP contribution in [0.25, 0.3) is 0 Å². The lowest BCUT2D eigenvalue weighted by molar-refractivity contribution is 0.0931. The Bertz CT molecular complexity index is 918. The number of ether oxygens (including phenoxy) is 1. The molecule has 0 saturated carbocycles. The lowest BCUT2D eigenvalue weighted by atomic mass is 10.0. The molecule has 1 saturated heterocycles. The minimum absolute atomic E-state index is 0.256. The van der Waals surface area contributed by atoms with Gasteiger partial charge in [-0.2, -0.15) is 0 Å². The predicted molar refractivity (Wildman–Crippen MR) is 124 cm³/mol. The highest BCUT2D eigenvalue weighted by atomic mass is 19.1. The highest BCUT2D eigenvalue weighted by Gasteiger charge is 2.30. The first-order valence-corrected chi connectivity index (χ1v) is 11.3. The monoisotopic (exact) mass is 457 g/mol. The van der Waals surface area contributed by atoms with Gasteiger partial charge in [-0.1, -0.05) is 38.1 Å². The molecular weight excluding hydrogens is 425 g/mol. The van der Waals surface area contributed by atoms with Gasteiger partial charge in [0, 0.05) is 26.2 Å². The molecule has 8 heteroatoms. The van der Waals surface area contributed by atoms with E-state index in [-0.39, 0.29) is 31.0 Å². The summed E-state index contributed by atoms with van der Waals surface area (Å²) in [6, 6.07) is 13.0. The van der Waals surface area contributed by atoms with Gasteiger partial charge in [0.1, 0.15) is 11.6 Å². The first kappa shape index (κ1) is 24.4. The summed E-state index contributed by atoms with van der Waals surface area (Å²) < 4.78 is 19.0. The molecule has 1 atom stereocenters. The fourth-order valence-electron chi connectivity index (χ4n) is 3.78. The van der Waals surface area contributed by atoms with Gasteiger partial charge in [-0.15, -0.1) is 0 Å². The van der Waals surface area contributed by atoms with Gasteiger partial charge in [-0.3, -0.25) is 0 Å². The Balaban J connectivity index is 1.66. The maximum absolute atomic E-state index is 13.3. The molecule has 0 unspecified atom stereocenters. The van der Waals surface area contributed by atoms with Crippen molar-refractivity contribution in [3.05, 3.63) is 65.5 Å². The van der Waals surface area contributed by atoms with Crippen molar-refractivity contribution in [2.24, 2.45) is 5.92 Å². The van der Waals surface area contributed by atoms with E-state index in [1.54, 1.807) is 17.0 Å². The van der Waals surface area contributed by atoms with Gasteiger partial charge in [0.15, 0.2) is 0 Å². The van der Waals surface area contributed by atoms with E-state index < -0.39 is 6.09 Å². The van der Waals surface area contributed by atoms with Crippen LogP contribution >= 0.6 is 0 Å². The molecule has 1 aliphatic rings. The third-order valence-corrected chi connectivity index (χ3v) is 5.59. The third-order valence-electron chi connectivity index (χ3n) is 5.59. The van der Waals surface area contributed by atoms with Crippen molar-refractivity contribution < 1.29 is 23.8 Å². The number of carbonyl (C=O) groups is 2. The summed E-state index contributed by atoms with van der Waals surface area (Å²) in [5.41, 5.74) is 1.71. The molecule has 178 valence electrons. The summed E-state index contributed by atoms with van der Waals surface area (Å²) in [5, 5.41) is 12.3. The highest BCUT2D eigenvalue weighted by molar-refractivity contribution is 5.75. The smallest absolute Gasteiger partial charge is 0.407 e. The minimum Gasteiger partial charge on any atom is -0.493 e. The average Bonchev–Trinajstić information content (AvgIpc) is 2.81. The Labute approximate surface area is 194 Å². The van der Waals surface area contributed by atoms with Crippen LogP contribution in [0.4, 0.5) is 14.0 Å². The van der Waals surface area contributed by atoms with E-state index in [1.165, 1.54) is 17.0 Å². The lowest BCUT2D eigenvalue weighted by Gasteiger charge is -2.38. The van der Waals surface area contributed by atoms with Crippen molar-refractivity contribution in [2.45, 2.75) is 45.8 Å². The second-order valence-electron chi connectivity index (χ2n) is 8.79. The van der Waals surface area contributed by atoms with Crippen LogP contribution in [-0.2, 0) is 13.1 Å². The number of benzene rings is 2. The van der Waals surface area contributed by atoms with Gasteiger partial charge in [-0.25, -0.2) is 14.0 Å².